The number of aliphatic hydroxyl groups is 1. The first-order valence-electron chi connectivity index (χ1n) is 7.56. The zero-order valence-corrected chi connectivity index (χ0v) is 14.5. The van der Waals surface area contributed by atoms with Gasteiger partial charge in [0, 0.05) is 18.2 Å². The van der Waals surface area contributed by atoms with Crippen LogP contribution in [0.5, 0.6) is 5.75 Å². The molecule has 0 fully saturated rings. The van der Waals surface area contributed by atoms with Crippen LogP contribution in [0, 0.1) is 12.3 Å². The van der Waals surface area contributed by atoms with Crippen molar-refractivity contribution < 1.29 is 14.6 Å². The summed E-state index contributed by atoms with van der Waals surface area (Å²) in [7, 11) is 0. The standard InChI is InChI=1S/C17H26ClNO3/c1-12-10-14(18)6-7-15(12)22-13(2)16(21)19-9-5-8-17(3,4)11-20/h6-7,10,13,20H,5,8-9,11H2,1-4H3,(H,19,21). The lowest BCUT2D eigenvalue weighted by Gasteiger charge is -2.21. The van der Waals surface area contributed by atoms with Crippen LogP contribution in [-0.2, 0) is 4.79 Å². The molecule has 0 radical (unpaired) electrons. The van der Waals surface area contributed by atoms with E-state index in [9.17, 15) is 9.90 Å². The Morgan fingerprint density at radius 3 is 2.73 bits per heavy atom. The molecular formula is C17H26ClNO3. The third-order valence-corrected chi connectivity index (χ3v) is 3.80. The van der Waals surface area contributed by atoms with Crippen molar-refractivity contribution in [2.24, 2.45) is 5.41 Å². The van der Waals surface area contributed by atoms with Crippen LogP contribution in [0.1, 0.15) is 39.2 Å². The molecule has 0 aromatic heterocycles. The van der Waals surface area contributed by atoms with E-state index in [4.69, 9.17) is 16.3 Å². The Morgan fingerprint density at radius 1 is 1.45 bits per heavy atom. The van der Waals surface area contributed by atoms with Gasteiger partial charge >= 0.3 is 0 Å². The number of halogens is 1. The average Bonchev–Trinajstić information content (AvgIpc) is 2.46. The average molecular weight is 328 g/mol. The van der Waals surface area contributed by atoms with Crippen molar-refractivity contribution in [1.82, 2.24) is 5.32 Å². The van der Waals surface area contributed by atoms with E-state index in [0.29, 0.717) is 17.3 Å². The van der Waals surface area contributed by atoms with Crippen LogP contribution in [0.4, 0.5) is 0 Å². The molecule has 5 heteroatoms. The van der Waals surface area contributed by atoms with Gasteiger partial charge in [-0.1, -0.05) is 25.4 Å². The summed E-state index contributed by atoms with van der Waals surface area (Å²) in [5, 5.41) is 12.7. The Labute approximate surface area is 137 Å². The smallest absolute Gasteiger partial charge is 0.260 e. The first-order valence-corrected chi connectivity index (χ1v) is 7.94. The first kappa shape index (κ1) is 18.8. The highest BCUT2D eigenvalue weighted by Gasteiger charge is 2.18. The number of carbonyl (C=O) groups is 1. The van der Waals surface area contributed by atoms with Crippen LogP contribution < -0.4 is 10.1 Å². The molecule has 0 aliphatic carbocycles. The molecule has 0 saturated heterocycles. The highest BCUT2D eigenvalue weighted by atomic mass is 35.5. The summed E-state index contributed by atoms with van der Waals surface area (Å²) < 4.78 is 5.67. The van der Waals surface area contributed by atoms with Crippen LogP contribution in [0.2, 0.25) is 5.02 Å². The second-order valence-corrected chi connectivity index (χ2v) is 6.82. The number of carbonyl (C=O) groups excluding carboxylic acids is 1. The second-order valence-electron chi connectivity index (χ2n) is 6.39. The molecule has 4 nitrogen and oxygen atoms in total. The Kier molecular flexibility index (Phi) is 7.17. The molecule has 1 unspecified atom stereocenters. The molecule has 0 aliphatic rings. The molecular weight excluding hydrogens is 302 g/mol. The van der Waals surface area contributed by atoms with Crippen molar-refractivity contribution in [3.05, 3.63) is 28.8 Å². The van der Waals surface area contributed by atoms with Crippen molar-refractivity contribution in [2.45, 2.75) is 46.6 Å². The fourth-order valence-corrected chi connectivity index (χ4v) is 2.22. The molecule has 0 spiro atoms. The zero-order chi connectivity index (χ0) is 16.8. The minimum Gasteiger partial charge on any atom is -0.481 e. The van der Waals surface area contributed by atoms with E-state index < -0.39 is 6.10 Å². The maximum atomic E-state index is 12.0. The number of nitrogens with one attached hydrogen (secondary N) is 1. The van der Waals surface area contributed by atoms with Gasteiger partial charge in [-0.3, -0.25) is 4.79 Å². The van der Waals surface area contributed by atoms with Crippen LogP contribution in [0.15, 0.2) is 18.2 Å². The topological polar surface area (TPSA) is 58.6 Å². The molecule has 1 aromatic carbocycles. The van der Waals surface area contributed by atoms with Gasteiger partial charge in [0.2, 0.25) is 0 Å². The quantitative estimate of drug-likeness (QED) is 0.720. The predicted octanol–water partition coefficient (Wildman–Crippen LogP) is 3.33. The molecule has 0 saturated carbocycles. The molecule has 124 valence electrons. The molecule has 0 bridgehead atoms. The normalized spacial score (nSPS) is 12.8. The van der Waals surface area contributed by atoms with Gasteiger partial charge < -0.3 is 15.2 Å². The summed E-state index contributed by atoms with van der Waals surface area (Å²) in [4.78, 5) is 12.0. The number of hydrogen-bond acceptors (Lipinski definition) is 3. The van der Waals surface area contributed by atoms with Crippen molar-refractivity contribution in [3.63, 3.8) is 0 Å². The molecule has 1 rings (SSSR count). The lowest BCUT2D eigenvalue weighted by molar-refractivity contribution is -0.127. The summed E-state index contributed by atoms with van der Waals surface area (Å²) in [6.07, 6.45) is 1.12. The van der Waals surface area contributed by atoms with E-state index >= 15 is 0 Å². The fourth-order valence-electron chi connectivity index (χ4n) is 1.99. The first-order chi connectivity index (χ1) is 10.2. The van der Waals surface area contributed by atoms with Gasteiger partial charge in [-0.15, -0.1) is 0 Å². The number of aliphatic hydroxyl groups excluding tert-OH is 1. The maximum absolute atomic E-state index is 12.0. The zero-order valence-electron chi connectivity index (χ0n) is 13.8. The van der Waals surface area contributed by atoms with Crippen LogP contribution in [0.3, 0.4) is 0 Å². The van der Waals surface area contributed by atoms with Crippen molar-refractivity contribution in [2.75, 3.05) is 13.2 Å². The van der Waals surface area contributed by atoms with Crippen molar-refractivity contribution >= 4 is 17.5 Å². The number of ether oxygens (including phenoxy) is 1. The number of aryl methyl sites for hydroxylation is 1. The largest absolute Gasteiger partial charge is 0.481 e. The Morgan fingerprint density at radius 2 is 2.14 bits per heavy atom. The third kappa shape index (κ3) is 6.24. The molecule has 2 N–H and O–H groups in total. The van der Waals surface area contributed by atoms with Gasteiger partial charge in [0.15, 0.2) is 6.10 Å². The molecule has 0 heterocycles. The maximum Gasteiger partial charge on any atom is 0.260 e. The van der Waals surface area contributed by atoms with E-state index in [0.717, 1.165) is 18.4 Å². The molecule has 1 atom stereocenters. The number of amides is 1. The fraction of sp³-hybridized carbons (Fsp3) is 0.588. The van der Waals surface area contributed by atoms with Gasteiger partial charge in [-0.05, 0) is 55.9 Å². The number of hydrogen-bond donors (Lipinski definition) is 2. The molecule has 22 heavy (non-hydrogen) atoms. The number of benzene rings is 1. The van der Waals surface area contributed by atoms with E-state index in [1.807, 2.05) is 20.8 Å². The van der Waals surface area contributed by atoms with Crippen molar-refractivity contribution in [1.29, 1.82) is 0 Å². The van der Waals surface area contributed by atoms with Gasteiger partial charge in [-0.2, -0.15) is 0 Å². The van der Waals surface area contributed by atoms with E-state index in [1.165, 1.54) is 0 Å². The van der Waals surface area contributed by atoms with Gasteiger partial charge in [0.25, 0.3) is 5.91 Å². The predicted molar refractivity (Wildman–Crippen MR) is 89.4 cm³/mol. The minimum atomic E-state index is -0.564. The molecule has 0 aliphatic heterocycles. The Bertz CT molecular complexity index is 503. The molecule has 1 amide bonds. The highest BCUT2D eigenvalue weighted by molar-refractivity contribution is 6.30. The van der Waals surface area contributed by atoms with Crippen LogP contribution in [-0.4, -0.2) is 30.3 Å². The van der Waals surface area contributed by atoms with Gasteiger partial charge in [0.1, 0.15) is 5.75 Å². The van der Waals surface area contributed by atoms with Gasteiger partial charge in [-0.25, -0.2) is 0 Å². The highest BCUT2D eigenvalue weighted by Crippen LogP contribution is 2.23. The monoisotopic (exact) mass is 327 g/mol. The Balaban J connectivity index is 2.39. The lowest BCUT2D eigenvalue weighted by Crippen LogP contribution is -2.37. The Hall–Kier alpha value is -1.26. The van der Waals surface area contributed by atoms with E-state index in [2.05, 4.69) is 5.32 Å². The third-order valence-electron chi connectivity index (χ3n) is 3.57. The molecule has 1 aromatic rings. The van der Waals surface area contributed by atoms with Crippen molar-refractivity contribution in [3.8, 4) is 5.75 Å². The SMILES string of the molecule is Cc1cc(Cl)ccc1OC(C)C(=O)NCCCC(C)(C)CO. The second kappa shape index (κ2) is 8.39. The summed E-state index contributed by atoms with van der Waals surface area (Å²) >= 11 is 5.90. The summed E-state index contributed by atoms with van der Waals surface area (Å²) in [5.74, 6) is 0.518. The van der Waals surface area contributed by atoms with E-state index in [1.54, 1.807) is 25.1 Å². The summed E-state index contributed by atoms with van der Waals surface area (Å²) in [5.41, 5.74) is 0.796. The summed E-state index contributed by atoms with van der Waals surface area (Å²) in [6.45, 7) is 8.35. The van der Waals surface area contributed by atoms with Crippen LogP contribution in [0.25, 0.3) is 0 Å². The van der Waals surface area contributed by atoms with E-state index in [-0.39, 0.29) is 17.9 Å². The summed E-state index contributed by atoms with van der Waals surface area (Å²) in [6, 6.07) is 5.31. The lowest BCUT2D eigenvalue weighted by atomic mass is 9.89. The minimum absolute atomic E-state index is 0.104. The van der Waals surface area contributed by atoms with Crippen LogP contribution >= 0.6 is 11.6 Å². The van der Waals surface area contributed by atoms with Gasteiger partial charge in [0.05, 0.1) is 0 Å². The number of rotatable bonds is 8.